The molecule has 0 radical (unpaired) electrons. The predicted octanol–water partition coefficient (Wildman–Crippen LogP) is 2.52. The number of carbonyl (C=O) groups is 1. The van der Waals surface area contributed by atoms with Crippen LogP contribution in [0.3, 0.4) is 0 Å². The molecule has 6 nitrogen and oxygen atoms in total. The topological polar surface area (TPSA) is 87.3 Å². The molecule has 3 N–H and O–H groups in total. The van der Waals surface area contributed by atoms with Crippen LogP contribution in [0.1, 0.15) is 29.3 Å². The van der Waals surface area contributed by atoms with Gasteiger partial charge >= 0.3 is 0 Å². The number of benzene rings is 2. The molecule has 2 aromatic carbocycles. The molecular weight excluding hydrogens is 362 g/mol. The van der Waals surface area contributed by atoms with Crippen molar-refractivity contribution in [2.24, 2.45) is 5.92 Å². The number of aryl methyl sites for hydroxylation is 1. The van der Waals surface area contributed by atoms with Crippen LogP contribution in [0.25, 0.3) is 0 Å². The third kappa shape index (κ3) is 4.87. The van der Waals surface area contributed by atoms with Gasteiger partial charge in [0.2, 0.25) is 0 Å². The van der Waals surface area contributed by atoms with Crippen LogP contribution in [0.15, 0.2) is 53.4 Å². The van der Waals surface area contributed by atoms with Gasteiger partial charge in [0, 0.05) is 23.8 Å². The Balaban J connectivity index is 1.68. The normalized spacial score (nSPS) is 20.1. The molecule has 1 saturated heterocycles. The monoisotopic (exact) mass is 387 g/mol. The van der Waals surface area contributed by atoms with Crippen LogP contribution in [0.4, 0.5) is 5.69 Å². The molecular formula is C20H25N3O3S. The van der Waals surface area contributed by atoms with Gasteiger partial charge in [-0.3, -0.25) is 9.52 Å². The fourth-order valence-corrected chi connectivity index (χ4v) is 4.11. The van der Waals surface area contributed by atoms with Gasteiger partial charge < -0.3 is 10.6 Å². The minimum absolute atomic E-state index is 0.0814. The first-order chi connectivity index (χ1) is 12.8. The van der Waals surface area contributed by atoms with E-state index in [1.165, 1.54) is 12.1 Å². The van der Waals surface area contributed by atoms with Gasteiger partial charge in [0.05, 0.1) is 4.90 Å². The first-order valence-corrected chi connectivity index (χ1v) is 10.5. The van der Waals surface area contributed by atoms with Gasteiger partial charge in [-0.25, -0.2) is 8.42 Å². The van der Waals surface area contributed by atoms with E-state index in [1.807, 2.05) is 19.1 Å². The Kier molecular flexibility index (Phi) is 5.82. The molecule has 2 atom stereocenters. The number of rotatable bonds is 5. The fourth-order valence-electron chi connectivity index (χ4n) is 3.06. The molecule has 0 bridgehead atoms. The highest BCUT2D eigenvalue weighted by Gasteiger charge is 2.23. The molecule has 1 fully saturated rings. The molecule has 0 saturated carbocycles. The first kappa shape index (κ1) is 19.4. The van der Waals surface area contributed by atoms with Gasteiger partial charge in [-0.1, -0.05) is 24.6 Å². The van der Waals surface area contributed by atoms with E-state index in [9.17, 15) is 13.2 Å². The van der Waals surface area contributed by atoms with Crippen LogP contribution in [-0.4, -0.2) is 33.5 Å². The minimum atomic E-state index is -3.70. The smallest absolute Gasteiger partial charge is 0.261 e. The highest BCUT2D eigenvalue weighted by Crippen LogP contribution is 2.18. The Morgan fingerprint density at radius 3 is 2.37 bits per heavy atom. The maximum Gasteiger partial charge on any atom is 0.261 e. The molecule has 2 aromatic rings. The molecule has 1 aliphatic rings. The summed E-state index contributed by atoms with van der Waals surface area (Å²) >= 11 is 0. The molecule has 1 aliphatic heterocycles. The van der Waals surface area contributed by atoms with Gasteiger partial charge in [0.25, 0.3) is 15.9 Å². The van der Waals surface area contributed by atoms with Crippen molar-refractivity contribution in [2.45, 2.75) is 31.2 Å². The maximum atomic E-state index is 12.5. The summed E-state index contributed by atoms with van der Waals surface area (Å²) < 4.78 is 27.6. The summed E-state index contributed by atoms with van der Waals surface area (Å²) in [7, 11) is -3.70. The third-order valence-corrected chi connectivity index (χ3v) is 6.27. The van der Waals surface area contributed by atoms with Crippen molar-refractivity contribution < 1.29 is 13.2 Å². The van der Waals surface area contributed by atoms with Crippen molar-refractivity contribution in [1.29, 1.82) is 0 Å². The summed E-state index contributed by atoms with van der Waals surface area (Å²) in [6, 6.07) is 13.2. The number of piperidine rings is 1. The second-order valence-corrected chi connectivity index (χ2v) is 8.73. The zero-order valence-electron chi connectivity index (χ0n) is 15.5. The number of amides is 1. The van der Waals surface area contributed by atoms with E-state index in [2.05, 4.69) is 22.3 Å². The molecule has 0 aliphatic carbocycles. The summed E-state index contributed by atoms with van der Waals surface area (Å²) in [5, 5.41) is 6.30. The molecule has 27 heavy (non-hydrogen) atoms. The number of hydrogen-bond donors (Lipinski definition) is 3. The summed E-state index contributed by atoms with van der Waals surface area (Å²) in [6.07, 6.45) is 1.02. The third-order valence-electron chi connectivity index (χ3n) is 4.87. The molecule has 1 amide bonds. The quantitative estimate of drug-likeness (QED) is 0.736. The van der Waals surface area contributed by atoms with Gasteiger partial charge in [-0.2, -0.15) is 0 Å². The highest BCUT2D eigenvalue weighted by atomic mass is 32.2. The van der Waals surface area contributed by atoms with E-state index in [1.54, 1.807) is 24.3 Å². The Bertz CT molecular complexity index is 893. The van der Waals surface area contributed by atoms with Crippen molar-refractivity contribution in [3.8, 4) is 0 Å². The van der Waals surface area contributed by atoms with Gasteiger partial charge in [0.1, 0.15) is 0 Å². The number of hydrogen-bond acceptors (Lipinski definition) is 4. The molecule has 7 heteroatoms. The highest BCUT2D eigenvalue weighted by molar-refractivity contribution is 7.92. The van der Waals surface area contributed by atoms with Gasteiger partial charge in [-0.15, -0.1) is 0 Å². The van der Waals surface area contributed by atoms with Crippen LogP contribution >= 0.6 is 0 Å². The summed E-state index contributed by atoms with van der Waals surface area (Å²) in [5.74, 6) is 0.222. The Morgan fingerprint density at radius 1 is 1.07 bits per heavy atom. The summed E-state index contributed by atoms with van der Waals surface area (Å²) in [4.78, 5) is 12.6. The second-order valence-electron chi connectivity index (χ2n) is 7.05. The van der Waals surface area contributed by atoms with Crippen molar-refractivity contribution in [2.75, 3.05) is 17.8 Å². The van der Waals surface area contributed by atoms with E-state index in [-0.39, 0.29) is 16.8 Å². The molecule has 0 aromatic heterocycles. The zero-order chi connectivity index (χ0) is 19.4. The van der Waals surface area contributed by atoms with Crippen LogP contribution in [0, 0.1) is 12.8 Å². The number of sulfonamides is 1. The lowest BCUT2D eigenvalue weighted by Crippen LogP contribution is -2.50. The van der Waals surface area contributed by atoms with Crippen LogP contribution < -0.4 is 15.4 Å². The Labute approximate surface area is 160 Å². The van der Waals surface area contributed by atoms with E-state index < -0.39 is 10.0 Å². The van der Waals surface area contributed by atoms with Crippen molar-refractivity contribution in [3.63, 3.8) is 0 Å². The van der Waals surface area contributed by atoms with E-state index in [4.69, 9.17) is 0 Å². The van der Waals surface area contributed by atoms with Crippen LogP contribution in [-0.2, 0) is 10.0 Å². The SMILES string of the molecule is Cc1ccc(NS(=O)(=O)c2ccc(C(=O)NC3CNCCC3C)cc2)cc1. The summed E-state index contributed by atoms with van der Waals surface area (Å²) in [6.45, 7) is 5.78. The van der Waals surface area contributed by atoms with Crippen molar-refractivity contribution in [1.82, 2.24) is 10.6 Å². The lowest BCUT2D eigenvalue weighted by molar-refractivity contribution is 0.0915. The van der Waals surface area contributed by atoms with Crippen molar-refractivity contribution in [3.05, 3.63) is 59.7 Å². The zero-order valence-corrected chi connectivity index (χ0v) is 16.3. The van der Waals surface area contributed by atoms with E-state index >= 15 is 0 Å². The largest absolute Gasteiger partial charge is 0.348 e. The first-order valence-electron chi connectivity index (χ1n) is 9.06. The average molecular weight is 388 g/mol. The van der Waals surface area contributed by atoms with Crippen LogP contribution in [0.5, 0.6) is 0 Å². The lowest BCUT2D eigenvalue weighted by Gasteiger charge is -2.30. The predicted molar refractivity (Wildman–Crippen MR) is 106 cm³/mol. The Morgan fingerprint density at radius 2 is 1.74 bits per heavy atom. The lowest BCUT2D eigenvalue weighted by atomic mass is 9.94. The second kappa shape index (κ2) is 8.10. The number of carbonyl (C=O) groups excluding carboxylic acids is 1. The Hall–Kier alpha value is -2.38. The maximum absolute atomic E-state index is 12.5. The van der Waals surface area contributed by atoms with E-state index in [0.29, 0.717) is 17.2 Å². The molecule has 1 heterocycles. The molecule has 2 unspecified atom stereocenters. The number of anilines is 1. The standard InChI is InChI=1S/C20H25N3O3S/c1-14-3-7-17(8-4-14)23-27(25,26)18-9-5-16(6-10-18)20(24)22-19-13-21-12-11-15(19)2/h3-10,15,19,21,23H,11-13H2,1-2H3,(H,22,24). The molecule has 144 valence electrons. The molecule has 0 spiro atoms. The van der Waals surface area contributed by atoms with Crippen LogP contribution in [0.2, 0.25) is 0 Å². The van der Waals surface area contributed by atoms with E-state index in [0.717, 1.165) is 25.1 Å². The van der Waals surface area contributed by atoms with Crippen molar-refractivity contribution >= 4 is 21.6 Å². The fraction of sp³-hybridized carbons (Fsp3) is 0.350. The number of nitrogens with one attached hydrogen (secondary N) is 3. The van der Waals surface area contributed by atoms with Gasteiger partial charge in [-0.05, 0) is 62.2 Å². The average Bonchev–Trinajstić information content (AvgIpc) is 2.65. The van der Waals surface area contributed by atoms with Gasteiger partial charge in [0.15, 0.2) is 0 Å². The summed E-state index contributed by atoms with van der Waals surface area (Å²) in [5.41, 5.74) is 2.00. The molecule has 3 rings (SSSR count). The minimum Gasteiger partial charge on any atom is -0.348 e.